The molecule has 0 saturated carbocycles. The largest absolute Gasteiger partial charge is 0.350 e. The topological polar surface area (TPSA) is 75.5 Å². The van der Waals surface area contributed by atoms with Crippen molar-refractivity contribution in [2.24, 2.45) is 0 Å². The molecule has 0 radical (unpaired) electrons. The summed E-state index contributed by atoms with van der Waals surface area (Å²) in [5, 5.41) is 14.7. The quantitative estimate of drug-likeness (QED) is 0.630. The lowest BCUT2D eigenvalue weighted by molar-refractivity contribution is -0.385. The number of para-hydroxylation sites is 1. The minimum Gasteiger partial charge on any atom is -0.350 e. The molecular formula is C18H20ClN3O3. The number of hydrogen-bond donors (Lipinski definition) is 1. The van der Waals surface area contributed by atoms with Gasteiger partial charge in [-0.3, -0.25) is 14.9 Å². The van der Waals surface area contributed by atoms with E-state index in [0.29, 0.717) is 10.6 Å². The summed E-state index contributed by atoms with van der Waals surface area (Å²) in [6, 6.07) is 12.0. The molecule has 0 aromatic heterocycles. The highest BCUT2D eigenvalue weighted by molar-refractivity contribution is 6.31. The Morgan fingerprint density at radius 1 is 1.24 bits per heavy atom. The van der Waals surface area contributed by atoms with Crippen LogP contribution in [0.2, 0.25) is 5.02 Å². The second kappa shape index (κ2) is 8.09. The summed E-state index contributed by atoms with van der Waals surface area (Å²) in [5.74, 6) is -0.477. The molecule has 0 saturated heterocycles. The molecule has 25 heavy (non-hydrogen) atoms. The number of rotatable bonds is 6. The van der Waals surface area contributed by atoms with E-state index in [0.717, 1.165) is 5.56 Å². The van der Waals surface area contributed by atoms with Crippen molar-refractivity contribution in [1.82, 2.24) is 10.2 Å². The van der Waals surface area contributed by atoms with Gasteiger partial charge in [0.15, 0.2) is 0 Å². The number of likely N-dealkylation sites (N-methyl/N-ethyl adjacent to an activating group) is 1. The normalized spacial score (nSPS) is 12.0. The standard InChI is InChI=1S/C18H20ClN3O3/c1-12-7-6-9-14(17(12)22(24)25)18(23)20-11-16(21(2)3)13-8-4-5-10-15(13)19/h4-10,16H,11H2,1-3H3,(H,20,23). The molecule has 1 N–H and O–H groups in total. The fourth-order valence-corrected chi connectivity index (χ4v) is 2.95. The Labute approximate surface area is 151 Å². The van der Waals surface area contributed by atoms with Gasteiger partial charge in [-0.05, 0) is 38.7 Å². The van der Waals surface area contributed by atoms with Crippen LogP contribution in [0.15, 0.2) is 42.5 Å². The molecule has 1 unspecified atom stereocenters. The van der Waals surface area contributed by atoms with Crippen molar-refractivity contribution in [3.63, 3.8) is 0 Å². The van der Waals surface area contributed by atoms with E-state index >= 15 is 0 Å². The highest BCUT2D eigenvalue weighted by Gasteiger charge is 2.24. The molecule has 1 atom stereocenters. The van der Waals surface area contributed by atoms with Crippen molar-refractivity contribution in [3.8, 4) is 0 Å². The van der Waals surface area contributed by atoms with E-state index in [4.69, 9.17) is 11.6 Å². The van der Waals surface area contributed by atoms with Crippen LogP contribution in [0.5, 0.6) is 0 Å². The Bertz CT molecular complexity index is 793. The summed E-state index contributed by atoms with van der Waals surface area (Å²) < 4.78 is 0. The van der Waals surface area contributed by atoms with Gasteiger partial charge in [-0.1, -0.05) is 41.9 Å². The van der Waals surface area contributed by atoms with E-state index in [1.807, 2.05) is 37.2 Å². The molecule has 1 amide bonds. The Kier molecular flexibility index (Phi) is 6.12. The van der Waals surface area contributed by atoms with Gasteiger partial charge in [0.1, 0.15) is 5.56 Å². The molecule has 2 aromatic carbocycles. The molecule has 0 aliphatic rings. The van der Waals surface area contributed by atoms with Gasteiger partial charge in [0.2, 0.25) is 0 Å². The first-order valence-electron chi connectivity index (χ1n) is 7.76. The van der Waals surface area contributed by atoms with Crippen LogP contribution in [0.4, 0.5) is 5.69 Å². The van der Waals surface area contributed by atoms with E-state index in [-0.39, 0.29) is 23.8 Å². The van der Waals surface area contributed by atoms with Crippen LogP contribution in [0, 0.1) is 17.0 Å². The van der Waals surface area contributed by atoms with Crippen LogP contribution in [0.3, 0.4) is 0 Å². The summed E-state index contributed by atoms with van der Waals surface area (Å²) in [7, 11) is 3.77. The smallest absolute Gasteiger partial charge is 0.285 e. The Hall–Kier alpha value is -2.44. The van der Waals surface area contributed by atoms with E-state index in [1.165, 1.54) is 6.07 Å². The van der Waals surface area contributed by atoms with Crippen LogP contribution in [-0.2, 0) is 0 Å². The fraction of sp³-hybridized carbons (Fsp3) is 0.278. The zero-order chi connectivity index (χ0) is 18.6. The van der Waals surface area contributed by atoms with Crippen molar-refractivity contribution in [2.75, 3.05) is 20.6 Å². The lowest BCUT2D eigenvalue weighted by Gasteiger charge is -2.26. The molecule has 0 heterocycles. The fourth-order valence-electron chi connectivity index (χ4n) is 2.69. The minimum absolute atomic E-state index is 0.0571. The summed E-state index contributed by atoms with van der Waals surface area (Å²) in [4.78, 5) is 25.2. The summed E-state index contributed by atoms with van der Waals surface area (Å²) in [5.41, 5.74) is 1.22. The SMILES string of the molecule is Cc1cccc(C(=O)NCC(c2ccccc2Cl)N(C)C)c1[N+](=O)[O-]. The number of benzene rings is 2. The molecule has 0 fully saturated rings. The van der Waals surface area contributed by atoms with Gasteiger partial charge >= 0.3 is 0 Å². The lowest BCUT2D eigenvalue weighted by Crippen LogP contribution is -2.35. The number of nitrogens with zero attached hydrogens (tertiary/aromatic N) is 2. The second-order valence-electron chi connectivity index (χ2n) is 5.94. The zero-order valence-electron chi connectivity index (χ0n) is 14.3. The van der Waals surface area contributed by atoms with Crippen LogP contribution >= 0.6 is 11.6 Å². The second-order valence-corrected chi connectivity index (χ2v) is 6.35. The van der Waals surface area contributed by atoms with E-state index in [2.05, 4.69) is 5.32 Å². The first-order valence-corrected chi connectivity index (χ1v) is 8.13. The maximum Gasteiger partial charge on any atom is 0.285 e. The maximum atomic E-state index is 12.5. The van der Waals surface area contributed by atoms with Gasteiger partial charge < -0.3 is 10.2 Å². The molecule has 0 bridgehead atoms. The first kappa shape index (κ1) is 18.9. The third kappa shape index (κ3) is 4.35. The van der Waals surface area contributed by atoms with Gasteiger partial charge in [-0.25, -0.2) is 0 Å². The van der Waals surface area contributed by atoms with Crippen molar-refractivity contribution >= 4 is 23.2 Å². The van der Waals surface area contributed by atoms with E-state index in [9.17, 15) is 14.9 Å². The molecule has 0 spiro atoms. The van der Waals surface area contributed by atoms with Crippen LogP contribution in [-0.4, -0.2) is 36.4 Å². The molecule has 132 valence electrons. The van der Waals surface area contributed by atoms with E-state index in [1.54, 1.807) is 25.1 Å². The Balaban J connectivity index is 2.22. The van der Waals surface area contributed by atoms with Crippen LogP contribution < -0.4 is 5.32 Å². The molecule has 2 aromatic rings. The zero-order valence-corrected chi connectivity index (χ0v) is 15.1. The molecular weight excluding hydrogens is 342 g/mol. The average molecular weight is 362 g/mol. The van der Waals surface area contributed by atoms with Gasteiger partial charge in [-0.2, -0.15) is 0 Å². The van der Waals surface area contributed by atoms with E-state index < -0.39 is 10.8 Å². The number of nitrogens with one attached hydrogen (secondary N) is 1. The first-order chi connectivity index (χ1) is 11.8. The highest BCUT2D eigenvalue weighted by atomic mass is 35.5. The number of amides is 1. The van der Waals surface area contributed by atoms with Gasteiger partial charge in [0.25, 0.3) is 11.6 Å². The summed E-state index contributed by atoms with van der Waals surface area (Å²) >= 11 is 6.25. The number of carbonyl (C=O) groups excluding carboxylic acids is 1. The summed E-state index contributed by atoms with van der Waals surface area (Å²) in [6.07, 6.45) is 0. The Morgan fingerprint density at radius 2 is 1.92 bits per heavy atom. The molecule has 0 aliphatic carbocycles. The Morgan fingerprint density at radius 3 is 2.52 bits per heavy atom. The van der Waals surface area contributed by atoms with Gasteiger partial charge in [0.05, 0.1) is 11.0 Å². The lowest BCUT2D eigenvalue weighted by atomic mass is 10.0. The number of nitro benzene ring substituents is 1. The molecule has 0 aliphatic heterocycles. The third-order valence-electron chi connectivity index (χ3n) is 4.01. The number of halogens is 1. The minimum atomic E-state index is -0.526. The van der Waals surface area contributed by atoms with Crippen molar-refractivity contribution in [3.05, 3.63) is 74.3 Å². The molecule has 7 heteroatoms. The van der Waals surface area contributed by atoms with Crippen molar-refractivity contribution in [2.45, 2.75) is 13.0 Å². The van der Waals surface area contributed by atoms with Crippen LogP contribution in [0.25, 0.3) is 0 Å². The number of nitro groups is 1. The van der Waals surface area contributed by atoms with Crippen molar-refractivity contribution < 1.29 is 9.72 Å². The number of hydrogen-bond acceptors (Lipinski definition) is 4. The summed E-state index contributed by atoms with van der Waals surface area (Å²) in [6.45, 7) is 1.89. The third-order valence-corrected chi connectivity index (χ3v) is 4.35. The van der Waals surface area contributed by atoms with Crippen molar-refractivity contribution in [1.29, 1.82) is 0 Å². The van der Waals surface area contributed by atoms with Gasteiger partial charge in [-0.15, -0.1) is 0 Å². The monoisotopic (exact) mass is 361 g/mol. The highest BCUT2D eigenvalue weighted by Crippen LogP contribution is 2.26. The van der Waals surface area contributed by atoms with Gasteiger partial charge in [0, 0.05) is 17.1 Å². The maximum absolute atomic E-state index is 12.5. The predicted octanol–water partition coefficient (Wildman–Crippen LogP) is 3.59. The predicted molar refractivity (Wildman–Crippen MR) is 98.0 cm³/mol. The molecule has 2 rings (SSSR count). The average Bonchev–Trinajstić information content (AvgIpc) is 2.55. The number of aryl methyl sites for hydroxylation is 1. The number of carbonyl (C=O) groups is 1. The molecule has 6 nitrogen and oxygen atoms in total. The van der Waals surface area contributed by atoms with Crippen LogP contribution in [0.1, 0.15) is 27.5 Å².